The molecule has 1 aromatic heterocycles. The molecule has 2 aromatic carbocycles. The van der Waals surface area contributed by atoms with Crippen LogP contribution in [0.2, 0.25) is 0 Å². The van der Waals surface area contributed by atoms with E-state index in [1.165, 1.54) is 6.08 Å². The first-order valence-electron chi connectivity index (χ1n) is 8.64. The Balaban J connectivity index is 1.60. The molecule has 2 N–H and O–H groups in total. The third-order valence-electron chi connectivity index (χ3n) is 4.06. The number of hydrogen-bond acceptors (Lipinski definition) is 3. The lowest BCUT2D eigenvalue weighted by Crippen LogP contribution is -2.33. The molecular weight excluding hydrogens is 436 g/mol. The zero-order chi connectivity index (χ0) is 20.1. The highest BCUT2D eigenvalue weighted by atomic mass is 79.9. The lowest BCUT2D eigenvalue weighted by molar-refractivity contribution is -0.115. The normalized spacial score (nSPS) is 10.8. The highest BCUT2D eigenvalue weighted by Crippen LogP contribution is 2.25. The van der Waals surface area contributed by atoms with Crippen LogP contribution in [-0.4, -0.2) is 11.0 Å². The molecule has 0 aliphatic rings. The summed E-state index contributed by atoms with van der Waals surface area (Å²) in [4.78, 5) is 12.1. The molecule has 3 rings (SSSR count). The lowest BCUT2D eigenvalue weighted by Gasteiger charge is -2.14. The van der Waals surface area contributed by atoms with Crippen LogP contribution in [0, 0.1) is 13.8 Å². The molecule has 0 bridgehead atoms. The fourth-order valence-corrected chi connectivity index (χ4v) is 3.65. The second-order valence-electron chi connectivity index (χ2n) is 6.26. The molecular formula is C22H19BrN2O2S. The van der Waals surface area contributed by atoms with Crippen molar-refractivity contribution in [3.05, 3.63) is 82.0 Å². The summed E-state index contributed by atoms with van der Waals surface area (Å²) < 4.78 is 6.74. The number of carbonyl (C=O) groups is 1. The molecule has 0 spiro atoms. The van der Waals surface area contributed by atoms with Gasteiger partial charge >= 0.3 is 0 Å². The minimum absolute atomic E-state index is 0.243. The smallest absolute Gasteiger partial charge is 0.250 e. The van der Waals surface area contributed by atoms with Crippen LogP contribution in [0.25, 0.3) is 17.4 Å². The molecule has 4 nitrogen and oxygen atoms in total. The van der Waals surface area contributed by atoms with Gasteiger partial charge in [0.05, 0.1) is 0 Å². The van der Waals surface area contributed by atoms with Gasteiger partial charge in [-0.05, 0) is 67.5 Å². The maximum absolute atomic E-state index is 12.1. The number of benzene rings is 2. The van der Waals surface area contributed by atoms with Crippen molar-refractivity contribution < 1.29 is 9.21 Å². The Bertz CT molecular complexity index is 1020. The number of halogens is 1. The van der Waals surface area contributed by atoms with Crippen molar-refractivity contribution in [3.63, 3.8) is 0 Å². The van der Waals surface area contributed by atoms with Crippen LogP contribution in [0.1, 0.15) is 16.9 Å². The molecule has 0 saturated carbocycles. The van der Waals surface area contributed by atoms with E-state index in [1.54, 1.807) is 6.08 Å². The first kappa shape index (κ1) is 20.0. The molecule has 142 valence electrons. The number of nitrogens with one attached hydrogen (secondary N) is 2. The van der Waals surface area contributed by atoms with Gasteiger partial charge in [0.1, 0.15) is 11.5 Å². The Morgan fingerprint density at radius 3 is 2.43 bits per heavy atom. The van der Waals surface area contributed by atoms with Crippen LogP contribution in [0.5, 0.6) is 0 Å². The van der Waals surface area contributed by atoms with Crippen LogP contribution >= 0.6 is 28.1 Å². The Morgan fingerprint density at radius 2 is 1.75 bits per heavy atom. The largest absolute Gasteiger partial charge is 0.457 e. The van der Waals surface area contributed by atoms with E-state index in [0.717, 1.165) is 32.6 Å². The summed E-state index contributed by atoms with van der Waals surface area (Å²) in [6, 6.07) is 17.4. The van der Waals surface area contributed by atoms with Crippen molar-refractivity contribution in [1.82, 2.24) is 5.32 Å². The number of rotatable bonds is 4. The molecule has 6 heteroatoms. The van der Waals surface area contributed by atoms with Gasteiger partial charge in [-0.3, -0.25) is 10.1 Å². The summed E-state index contributed by atoms with van der Waals surface area (Å²) >= 11 is 8.72. The molecule has 1 heterocycles. The first-order valence-corrected chi connectivity index (χ1v) is 9.84. The average Bonchev–Trinajstić information content (AvgIpc) is 3.13. The quantitative estimate of drug-likeness (QED) is 0.383. The molecule has 3 aromatic rings. The molecule has 0 unspecified atom stereocenters. The Hall–Kier alpha value is -2.70. The van der Waals surface area contributed by atoms with Gasteiger partial charge in [0.2, 0.25) is 5.91 Å². The monoisotopic (exact) mass is 454 g/mol. The molecule has 0 fully saturated rings. The number of aryl methyl sites for hydroxylation is 2. The Morgan fingerprint density at radius 1 is 1.07 bits per heavy atom. The van der Waals surface area contributed by atoms with E-state index in [9.17, 15) is 4.79 Å². The second kappa shape index (κ2) is 8.99. The van der Waals surface area contributed by atoms with Crippen molar-refractivity contribution in [2.45, 2.75) is 13.8 Å². The van der Waals surface area contributed by atoms with Crippen molar-refractivity contribution in [2.24, 2.45) is 0 Å². The summed E-state index contributed by atoms with van der Waals surface area (Å²) in [6.45, 7) is 3.96. The van der Waals surface area contributed by atoms with E-state index in [-0.39, 0.29) is 11.0 Å². The Labute approximate surface area is 177 Å². The SMILES string of the molecule is Cc1cc(Br)cc(C)c1NC(=S)NC(=O)/C=C/c1ccc(-c2ccccc2)o1. The van der Waals surface area contributed by atoms with Crippen LogP contribution in [0.15, 0.2) is 69.6 Å². The van der Waals surface area contributed by atoms with Gasteiger partial charge in [-0.1, -0.05) is 46.3 Å². The Kier molecular flexibility index (Phi) is 6.44. The molecule has 0 atom stereocenters. The van der Waals surface area contributed by atoms with Crippen LogP contribution < -0.4 is 10.6 Å². The number of anilines is 1. The van der Waals surface area contributed by atoms with Gasteiger partial charge in [0.25, 0.3) is 0 Å². The third kappa shape index (κ3) is 5.18. The van der Waals surface area contributed by atoms with E-state index in [4.69, 9.17) is 16.6 Å². The molecule has 0 radical (unpaired) electrons. The molecule has 0 aliphatic carbocycles. The van der Waals surface area contributed by atoms with Crippen molar-refractivity contribution in [1.29, 1.82) is 0 Å². The summed E-state index contributed by atoms with van der Waals surface area (Å²) in [7, 11) is 0. The summed E-state index contributed by atoms with van der Waals surface area (Å²) in [5.41, 5.74) is 3.93. The lowest BCUT2D eigenvalue weighted by atomic mass is 10.1. The van der Waals surface area contributed by atoms with E-state index in [0.29, 0.717) is 5.76 Å². The van der Waals surface area contributed by atoms with Gasteiger partial charge in [-0.2, -0.15) is 0 Å². The molecule has 0 aliphatic heterocycles. The zero-order valence-corrected chi connectivity index (χ0v) is 17.9. The van der Waals surface area contributed by atoms with E-state index in [1.807, 2.05) is 68.4 Å². The van der Waals surface area contributed by atoms with Gasteiger partial charge in [-0.15, -0.1) is 0 Å². The fourth-order valence-electron chi connectivity index (χ4n) is 2.76. The summed E-state index contributed by atoms with van der Waals surface area (Å²) in [5, 5.41) is 5.97. The van der Waals surface area contributed by atoms with Gasteiger partial charge in [-0.25, -0.2) is 0 Å². The topological polar surface area (TPSA) is 54.3 Å². The van der Waals surface area contributed by atoms with Gasteiger partial charge < -0.3 is 9.73 Å². The van der Waals surface area contributed by atoms with Crippen LogP contribution in [0.3, 0.4) is 0 Å². The minimum atomic E-state index is -0.331. The van der Waals surface area contributed by atoms with Gasteiger partial charge in [0, 0.05) is 21.8 Å². The zero-order valence-electron chi connectivity index (χ0n) is 15.5. The van der Waals surface area contributed by atoms with Crippen molar-refractivity contribution >= 4 is 50.9 Å². The highest BCUT2D eigenvalue weighted by Gasteiger charge is 2.08. The standard InChI is InChI=1S/C22H19BrN2O2S/c1-14-12-17(23)13-15(2)21(14)25-22(28)24-20(26)11-9-18-8-10-19(27-18)16-6-4-3-5-7-16/h3-13H,1-2H3,(H2,24,25,26,28)/b11-9+. The van der Waals surface area contributed by atoms with Crippen molar-refractivity contribution in [3.8, 4) is 11.3 Å². The van der Waals surface area contributed by atoms with Gasteiger partial charge in [0.15, 0.2) is 5.11 Å². The molecule has 28 heavy (non-hydrogen) atoms. The predicted molar refractivity (Wildman–Crippen MR) is 121 cm³/mol. The first-order chi connectivity index (χ1) is 13.4. The maximum atomic E-state index is 12.1. The number of thiocarbonyl (C=S) groups is 1. The third-order valence-corrected chi connectivity index (χ3v) is 4.72. The number of furan rings is 1. The predicted octanol–water partition coefficient (Wildman–Crippen LogP) is 5.85. The molecule has 0 saturated heterocycles. The minimum Gasteiger partial charge on any atom is -0.457 e. The van der Waals surface area contributed by atoms with Crippen molar-refractivity contribution in [2.75, 3.05) is 5.32 Å². The van der Waals surface area contributed by atoms with Crippen LogP contribution in [-0.2, 0) is 4.79 Å². The average molecular weight is 455 g/mol. The number of amides is 1. The number of carbonyl (C=O) groups excluding carboxylic acids is 1. The number of hydrogen-bond donors (Lipinski definition) is 2. The van der Waals surface area contributed by atoms with E-state index in [2.05, 4.69) is 26.6 Å². The summed E-state index contributed by atoms with van der Waals surface area (Å²) in [5.74, 6) is 1.01. The highest BCUT2D eigenvalue weighted by molar-refractivity contribution is 9.10. The fraction of sp³-hybridized carbons (Fsp3) is 0.0909. The van der Waals surface area contributed by atoms with E-state index < -0.39 is 0 Å². The maximum Gasteiger partial charge on any atom is 0.250 e. The molecule has 1 amide bonds. The van der Waals surface area contributed by atoms with E-state index >= 15 is 0 Å². The van der Waals surface area contributed by atoms with Crippen LogP contribution in [0.4, 0.5) is 5.69 Å². The summed E-state index contributed by atoms with van der Waals surface area (Å²) in [6.07, 6.45) is 3.00. The second-order valence-corrected chi connectivity index (χ2v) is 7.58.